The molecule has 1 rings (SSSR count). The Morgan fingerprint density at radius 3 is 2.78 bits per heavy atom. The van der Waals surface area contributed by atoms with Crippen molar-refractivity contribution in [1.82, 2.24) is 4.90 Å². The number of ether oxygens (including phenoxy) is 1. The molecule has 1 atom stereocenters. The van der Waals surface area contributed by atoms with Crippen LogP contribution in [0, 0.1) is 0 Å². The van der Waals surface area contributed by atoms with E-state index in [-0.39, 0.29) is 5.91 Å². The lowest BCUT2D eigenvalue weighted by Crippen LogP contribution is -2.21. The van der Waals surface area contributed by atoms with Crippen molar-refractivity contribution >= 4 is 5.91 Å². The SMILES string of the molecule is CC(O)c1cccc(OCCCC(=O)N(C)C)c1. The van der Waals surface area contributed by atoms with Crippen molar-refractivity contribution in [2.45, 2.75) is 25.9 Å². The van der Waals surface area contributed by atoms with E-state index in [2.05, 4.69) is 0 Å². The third kappa shape index (κ3) is 4.75. The fourth-order valence-corrected chi connectivity index (χ4v) is 1.50. The molecule has 0 heterocycles. The maximum absolute atomic E-state index is 11.3. The summed E-state index contributed by atoms with van der Waals surface area (Å²) in [7, 11) is 3.49. The first-order valence-corrected chi connectivity index (χ1v) is 6.11. The molecule has 0 fully saturated rings. The van der Waals surface area contributed by atoms with Gasteiger partial charge in [-0.2, -0.15) is 0 Å². The van der Waals surface area contributed by atoms with Crippen LogP contribution < -0.4 is 4.74 Å². The van der Waals surface area contributed by atoms with Crippen LogP contribution >= 0.6 is 0 Å². The smallest absolute Gasteiger partial charge is 0.222 e. The lowest BCUT2D eigenvalue weighted by Gasteiger charge is -2.11. The van der Waals surface area contributed by atoms with Crippen molar-refractivity contribution in [3.8, 4) is 5.75 Å². The van der Waals surface area contributed by atoms with Crippen LogP contribution in [0.2, 0.25) is 0 Å². The number of hydrogen-bond acceptors (Lipinski definition) is 3. The average Bonchev–Trinajstić information content (AvgIpc) is 2.34. The third-order valence-electron chi connectivity index (χ3n) is 2.64. The normalized spacial score (nSPS) is 12.0. The van der Waals surface area contributed by atoms with Gasteiger partial charge in [0.15, 0.2) is 0 Å². The van der Waals surface area contributed by atoms with E-state index in [0.717, 1.165) is 11.3 Å². The van der Waals surface area contributed by atoms with Crippen molar-refractivity contribution in [2.75, 3.05) is 20.7 Å². The average molecular weight is 251 g/mol. The molecule has 4 heteroatoms. The molecule has 0 aromatic heterocycles. The Kier molecular flexibility index (Phi) is 5.65. The summed E-state index contributed by atoms with van der Waals surface area (Å²) in [6, 6.07) is 7.37. The molecule has 0 saturated carbocycles. The van der Waals surface area contributed by atoms with Gasteiger partial charge in [0.1, 0.15) is 5.75 Å². The van der Waals surface area contributed by atoms with Gasteiger partial charge in [0, 0.05) is 20.5 Å². The first-order chi connectivity index (χ1) is 8.50. The van der Waals surface area contributed by atoms with Crippen LogP contribution in [-0.4, -0.2) is 36.6 Å². The summed E-state index contributed by atoms with van der Waals surface area (Å²) in [5, 5.41) is 9.45. The Morgan fingerprint density at radius 1 is 1.44 bits per heavy atom. The number of hydrogen-bond donors (Lipinski definition) is 1. The molecule has 1 aromatic carbocycles. The lowest BCUT2D eigenvalue weighted by atomic mass is 10.1. The van der Waals surface area contributed by atoms with Crippen LogP contribution in [0.15, 0.2) is 24.3 Å². The standard InChI is InChI=1S/C14H21NO3/c1-11(16)12-6-4-7-13(10-12)18-9-5-8-14(17)15(2)3/h4,6-7,10-11,16H,5,8-9H2,1-3H3. The number of carbonyl (C=O) groups is 1. The van der Waals surface area contributed by atoms with Gasteiger partial charge in [-0.15, -0.1) is 0 Å². The topological polar surface area (TPSA) is 49.8 Å². The third-order valence-corrected chi connectivity index (χ3v) is 2.64. The predicted octanol–water partition coefficient (Wildman–Crippen LogP) is 1.99. The molecular formula is C14H21NO3. The van der Waals surface area contributed by atoms with E-state index in [1.54, 1.807) is 25.9 Å². The van der Waals surface area contributed by atoms with E-state index < -0.39 is 6.10 Å². The van der Waals surface area contributed by atoms with Crippen LogP contribution in [-0.2, 0) is 4.79 Å². The molecule has 4 nitrogen and oxygen atoms in total. The van der Waals surface area contributed by atoms with Gasteiger partial charge >= 0.3 is 0 Å². The van der Waals surface area contributed by atoms with E-state index in [0.29, 0.717) is 19.4 Å². The van der Waals surface area contributed by atoms with E-state index >= 15 is 0 Å². The fourth-order valence-electron chi connectivity index (χ4n) is 1.50. The largest absolute Gasteiger partial charge is 0.494 e. The van der Waals surface area contributed by atoms with Crippen molar-refractivity contribution in [3.63, 3.8) is 0 Å². The maximum atomic E-state index is 11.3. The summed E-state index contributed by atoms with van der Waals surface area (Å²) in [5.74, 6) is 0.835. The lowest BCUT2D eigenvalue weighted by molar-refractivity contribution is -0.128. The highest BCUT2D eigenvalue weighted by Crippen LogP contribution is 2.18. The zero-order valence-corrected chi connectivity index (χ0v) is 11.2. The number of benzene rings is 1. The Hall–Kier alpha value is -1.55. The summed E-state index contributed by atoms with van der Waals surface area (Å²) in [6.45, 7) is 2.22. The molecule has 18 heavy (non-hydrogen) atoms. The monoisotopic (exact) mass is 251 g/mol. The van der Waals surface area contributed by atoms with Crippen molar-refractivity contribution < 1.29 is 14.6 Å². The Balaban J connectivity index is 2.35. The van der Waals surface area contributed by atoms with Gasteiger partial charge < -0.3 is 14.7 Å². The number of aliphatic hydroxyl groups is 1. The molecule has 0 aliphatic carbocycles. The summed E-state index contributed by atoms with van der Waals surface area (Å²) in [6.07, 6.45) is 0.683. The number of rotatable bonds is 6. The predicted molar refractivity (Wildman–Crippen MR) is 70.5 cm³/mol. The molecular weight excluding hydrogens is 230 g/mol. The maximum Gasteiger partial charge on any atom is 0.222 e. The molecule has 1 aromatic rings. The van der Waals surface area contributed by atoms with E-state index in [9.17, 15) is 9.90 Å². The quantitative estimate of drug-likeness (QED) is 0.787. The van der Waals surface area contributed by atoms with Gasteiger partial charge in [0.25, 0.3) is 0 Å². The van der Waals surface area contributed by atoms with Crippen LogP contribution in [0.3, 0.4) is 0 Å². The molecule has 0 spiro atoms. The second kappa shape index (κ2) is 7.01. The molecule has 0 saturated heterocycles. The van der Waals surface area contributed by atoms with Crippen molar-refractivity contribution in [2.24, 2.45) is 0 Å². The van der Waals surface area contributed by atoms with Crippen LogP contribution in [0.25, 0.3) is 0 Å². The molecule has 1 unspecified atom stereocenters. The summed E-state index contributed by atoms with van der Waals surface area (Å²) in [4.78, 5) is 12.9. The van der Waals surface area contributed by atoms with Gasteiger partial charge in [-0.1, -0.05) is 12.1 Å². The number of amides is 1. The highest BCUT2D eigenvalue weighted by atomic mass is 16.5. The van der Waals surface area contributed by atoms with Gasteiger partial charge in [-0.25, -0.2) is 0 Å². The zero-order chi connectivity index (χ0) is 13.5. The van der Waals surface area contributed by atoms with Gasteiger partial charge in [-0.3, -0.25) is 4.79 Å². The molecule has 0 aliphatic rings. The van der Waals surface area contributed by atoms with Crippen molar-refractivity contribution in [3.05, 3.63) is 29.8 Å². The second-order valence-corrected chi connectivity index (χ2v) is 4.49. The fraction of sp³-hybridized carbons (Fsp3) is 0.500. The zero-order valence-electron chi connectivity index (χ0n) is 11.2. The second-order valence-electron chi connectivity index (χ2n) is 4.49. The molecule has 100 valence electrons. The van der Waals surface area contributed by atoms with Crippen LogP contribution in [0.5, 0.6) is 5.75 Å². The minimum absolute atomic E-state index is 0.108. The highest BCUT2D eigenvalue weighted by molar-refractivity contribution is 5.75. The molecule has 0 radical (unpaired) electrons. The van der Waals surface area contributed by atoms with Crippen molar-refractivity contribution in [1.29, 1.82) is 0 Å². The molecule has 0 aliphatic heterocycles. The molecule has 1 amide bonds. The Labute approximate surface area is 108 Å². The summed E-state index contributed by atoms with van der Waals surface area (Å²) in [5.41, 5.74) is 0.830. The first kappa shape index (κ1) is 14.5. The highest BCUT2D eigenvalue weighted by Gasteiger charge is 2.04. The Bertz CT molecular complexity index is 388. The number of aliphatic hydroxyl groups excluding tert-OH is 1. The minimum atomic E-state index is -0.496. The number of nitrogens with zero attached hydrogens (tertiary/aromatic N) is 1. The van der Waals surface area contributed by atoms with E-state index in [1.807, 2.05) is 24.3 Å². The summed E-state index contributed by atoms with van der Waals surface area (Å²) >= 11 is 0. The molecule has 0 bridgehead atoms. The number of carbonyl (C=O) groups excluding carboxylic acids is 1. The molecule has 1 N–H and O–H groups in total. The van der Waals surface area contributed by atoms with E-state index in [1.165, 1.54) is 0 Å². The van der Waals surface area contributed by atoms with Crippen LogP contribution in [0.4, 0.5) is 0 Å². The van der Waals surface area contributed by atoms with Gasteiger partial charge in [0.2, 0.25) is 5.91 Å². The minimum Gasteiger partial charge on any atom is -0.494 e. The van der Waals surface area contributed by atoms with Gasteiger partial charge in [-0.05, 0) is 31.0 Å². The van der Waals surface area contributed by atoms with Crippen LogP contribution in [0.1, 0.15) is 31.4 Å². The summed E-state index contributed by atoms with van der Waals surface area (Å²) < 4.78 is 5.55. The Morgan fingerprint density at radius 2 is 2.17 bits per heavy atom. The first-order valence-electron chi connectivity index (χ1n) is 6.11. The van der Waals surface area contributed by atoms with Gasteiger partial charge in [0.05, 0.1) is 12.7 Å². The van der Waals surface area contributed by atoms with E-state index in [4.69, 9.17) is 4.74 Å².